The van der Waals surface area contributed by atoms with Crippen molar-refractivity contribution in [2.45, 2.75) is 58.9 Å². The smallest absolute Gasteiger partial charge is 0.156 e. The fourth-order valence-corrected chi connectivity index (χ4v) is 10.2. The quantitative estimate of drug-likeness (QED) is 0.158. The van der Waals surface area contributed by atoms with Crippen LogP contribution in [0.15, 0.2) is 54.6 Å². The molecule has 0 aromatic heterocycles. The van der Waals surface area contributed by atoms with Crippen molar-refractivity contribution in [2.75, 3.05) is 62.7 Å². The van der Waals surface area contributed by atoms with Crippen LogP contribution in [0.25, 0.3) is 0 Å². The minimum absolute atomic E-state index is 0.0191. The van der Waals surface area contributed by atoms with E-state index in [1.54, 1.807) is 12.1 Å². The normalized spacial score (nSPS) is 21.7. The molecular formula is C42H50BClN5O3. The predicted octanol–water partition coefficient (Wildman–Crippen LogP) is 6.37. The molecule has 0 bridgehead atoms. The van der Waals surface area contributed by atoms with Crippen LogP contribution in [0.1, 0.15) is 82.7 Å². The lowest BCUT2D eigenvalue weighted by Gasteiger charge is -2.67. The van der Waals surface area contributed by atoms with Gasteiger partial charge in [-0.25, -0.2) is 0 Å². The van der Waals surface area contributed by atoms with Gasteiger partial charge in [-0.15, -0.1) is 0 Å². The van der Waals surface area contributed by atoms with Gasteiger partial charge < -0.3 is 9.80 Å². The second-order valence-corrected chi connectivity index (χ2v) is 16.6. The Hall–Kier alpha value is -3.97. The summed E-state index contributed by atoms with van der Waals surface area (Å²) in [5.41, 5.74) is 6.37. The largest absolute Gasteiger partial charge is 0.372 e. The maximum Gasteiger partial charge on any atom is 0.156 e. The van der Waals surface area contributed by atoms with E-state index in [9.17, 15) is 19.6 Å². The molecule has 271 valence electrons. The maximum absolute atomic E-state index is 12.2. The van der Waals surface area contributed by atoms with Crippen molar-refractivity contribution in [1.82, 2.24) is 9.80 Å². The molecule has 3 aromatic rings. The summed E-state index contributed by atoms with van der Waals surface area (Å²) in [7, 11) is 4.49. The van der Waals surface area contributed by atoms with Crippen LogP contribution < -0.4 is 15.3 Å². The van der Waals surface area contributed by atoms with Crippen LogP contribution in [0, 0.1) is 28.1 Å². The van der Waals surface area contributed by atoms with E-state index in [2.05, 4.69) is 79.8 Å². The molecule has 6 rings (SSSR count). The van der Waals surface area contributed by atoms with Gasteiger partial charge in [-0.3, -0.25) is 24.2 Å². The van der Waals surface area contributed by atoms with Crippen molar-refractivity contribution in [3.63, 3.8) is 0 Å². The van der Waals surface area contributed by atoms with E-state index in [0.717, 1.165) is 99.8 Å². The van der Waals surface area contributed by atoms with Crippen molar-refractivity contribution < 1.29 is 14.4 Å². The van der Waals surface area contributed by atoms with Gasteiger partial charge in [0, 0.05) is 86.5 Å². The summed E-state index contributed by atoms with van der Waals surface area (Å²) in [4.78, 5) is 44.7. The number of piperidine rings is 1. The zero-order valence-corrected chi connectivity index (χ0v) is 31.9. The lowest BCUT2D eigenvalue weighted by Crippen LogP contribution is -2.68. The standard InChI is InChI=1S/C42H50BClN5O3/c1-41(2)39(43-35-9-6-30(23-45)38(44)22-35)42(3,4)40(41)46(5)25-33-20-36(10-7-31(33)26-50)48-14-12-29(13-15-48)24-47-16-18-49(19-17-47)37-11-8-32(27-51)34(21-37)28-52/h6-11,20-22,26-29,39-40H,12-19,24-25H2,1-5H3. The van der Waals surface area contributed by atoms with Gasteiger partial charge in [-0.2, -0.15) is 5.26 Å². The van der Waals surface area contributed by atoms with Crippen LogP contribution >= 0.6 is 11.6 Å². The molecule has 0 unspecified atom stereocenters. The first kappa shape index (κ1) is 37.8. The minimum atomic E-state index is -0.0191. The highest BCUT2D eigenvalue weighted by Crippen LogP contribution is 2.64. The van der Waals surface area contributed by atoms with E-state index >= 15 is 0 Å². The molecule has 0 N–H and O–H groups in total. The highest BCUT2D eigenvalue weighted by atomic mass is 35.5. The molecule has 3 aliphatic rings. The number of rotatable bonds is 12. The number of halogens is 1. The number of carbonyl (C=O) groups excluding carboxylic acids is 3. The number of anilines is 2. The number of nitriles is 1. The van der Waals surface area contributed by atoms with Crippen molar-refractivity contribution >= 4 is 54.6 Å². The highest BCUT2D eigenvalue weighted by molar-refractivity contribution is 6.56. The number of nitrogens with zero attached hydrogens (tertiary/aromatic N) is 5. The molecule has 8 nitrogen and oxygen atoms in total. The first-order chi connectivity index (χ1) is 24.9. The molecule has 1 radical (unpaired) electrons. The van der Waals surface area contributed by atoms with Crippen LogP contribution in [0.3, 0.4) is 0 Å². The summed E-state index contributed by atoms with van der Waals surface area (Å²) in [5.74, 6) is 0.945. The first-order valence-corrected chi connectivity index (χ1v) is 18.9. The van der Waals surface area contributed by atoms with Crippen LogP contribution in [0.2, 0.25) is 10.8 Å². The zero-order chi connectivity index (χ0) is 37.2. The van der Waals surface area contributed by atoms with E-state index in [1.165, 1.54) is 5.69 Å². The Balaban J connectivity index is 1.03. The fraction of sp³-hybridized carbons (Fsp3) is 0.476. The average Bonchev–Trinajstić information content (AvgIpc) is 3.14. The number of aldehydes is 3. The molecule has 0 spiro atoms. The summed E-state index contributed by atoms with van der Waals surface area (Å²) in [6.07, 6.45) is 4.75. The lowest BCUT2D eigenvalue weighted by atomic mass is 9.31. The SMILES string of the molecule is CN(Cc1cc(N2CCC(CN3CCN(c4ccc(C=O)c(C=O)c4)CC3)CC2)ccc1C=O)C1C(C)(C)C([B]c2ccc(C#N)c(Cl)c2)C1(C)C. The Labute approximate surface area is 314 Å². The van der Waals surface area contributed by atoms with Crippen LogP contribution in [-0.2, 0) is 6.54 Å². The van der Waals surface area contributed by atoms with Crippen molar-refractivity contribution in [3.8, 4) is 6.07 Å². The van der Waals surface area contributed by atoms with Gasteiger partial charge in [0.25, 0.3) is 0 Å². The van der Waals surface area contributed by atoms with Gasteiger partial charge in [-0.1, -0.05) is 56.6 Å². The molecule has 0 atom stereocenters. The van der Waals surface area contributed by atoms with E-state index in [-0.39, 0.29) is 16.9 Å². The third-order valence-corrected chi connectivity index (χ3v) is 12.5. The van der Waals surface area contributed by atoms with Gasteiger partial charge in [0.05, 0.1) is 10.6 Å². The molecule has 10 heteroatoms. The van der Waals surface area contributed by atoms with Gasteiger partial charge in [-0.05, 0) is 90.7 Å². The number of carbonyl (C=O) groups is 3. The van der Waals surface area contributed by atoms with Gasteiger partial charge in [0.1, 0.15) is 12.4 Å². The third kappa shape index (κ3) is 7.57. The van der Waals surface area contributed by atoms with Crippen molar-refractivity contribution in [2.24, 2.45) is 16.7 Å². The third-order valence-electron chi connectivity index (χ3n) is 12.2. The van der Waals surface area contributed by atoms with Crippen LogP contribution in [0.5, 0.6) is 0 Å². The second kappa shape index (κ2) is 15.6. The molecule has 3 aromatic carbocycles. The number of hydrogen-bond acceptors (Lipinski definition) is 8. The molecule has 3 fully saturated rings. The molecular weight excluding hydrogens is 669 g/mol. The Bertz CT molecular complexity index is 1830. The fourth-order valence-electron chi connectivity index (χ4n) is 9.94. The first-order valence-electron chi connectivity index (χ1n) is 18.5. The second-order valence-electron chi connectivity index (χ2n) is 16.2. The monoisotopic (exact) mass is 718 g/mol. The molecule has 0 amide bonds. The van der Waals surface area contributed by atoms with E-state index in [0.29, 0.717) is 40.0 Å². The Morgan fingerprint density at radius 2 is 1.40 bits per heavy atom. The maximum atomic E-state index is 12.2. The van der Waals surface area contributed by atoms with Gasteiger partial charge in [0.2, 0.25) is 0 Å². The predicted molar refractivity (Wildman–Crippen MR) is 211 cm³/mol. The lowest BCUT2D eigenvalue weighted by molar-refractivity contribution is -0.106. The summed E-state index contributed by atoms with van der Waals surface area (Å²) in [6, 6.07) is 19.9. The summed E-state index contributed by atoms with van der Waals surface area (Å²) in [5, 5.41) is 9.78. The van der Waals surface area contributed by atoms with Crippen LogP contribution in [-0.4, -0.2) is 94.8 Å². The van der Waals surface area contributed by atoms with Crippen LogP contribution in [0.4, 0.5) is 11.4 Å². The molecule has 52 heavy (non-hydrogen) atoms. The molecule has 1 aliphatic carbocycles. The zero-order valence-electron chi connectivity index (χ0n) is 31.1. The Kier molecular flexibility index (Phi) is 11.3. The summed E-state index contributed by atoms with van der Waals surface area (Å²) in [6.45, 7) is 16.8. The summed E-state index contributed by atoms with van der Waals surface area (Å²) < 4.78 is 0. The summed E-state index contributed by atoms with van der Waals surface area (Å²) >= 11 is 6.37. The number of benzene rings is 3. The number of hydrogen-bond donors (Lipinski definition) is 0. The molecule has 2 heterocycles. The molecule has 1 saturated carbocycles. The van der Waals surface area contributed by atoms with Crippen molar-refractivity contribution in [3.05, 3.63) is 87.4 Å². The average molecular weight is 719 g/mol. The van der Waals surface area contributed by atoms with E-state index in [1.807, 2.05) is 30.3 Å². The van der Waals surface area contributed by atoms with Crippen molar-refractivity contribution in [1.29, 1.82) is 5.26 Å². The number of piperazine rings is 1. The van der Waals surface area contributed by atoms with E-state index < -0.39 is 0 Å². The van der Waals surface area contributed by atoms with Gasteiger partial charge >= 0.3 is 0 Å². The Morgan fingerprint density at radius 1 is 0.808 bits per heavy atom. The topological polar surface area (TPSA) is 88.0 Å². The Morgan fingerprint density at radius 3 is 2.00 bits per heavy atom. The highest BCUT2D eigenvalue weighted by Gasteiger charge is 2.62. The minimum Gasteiger partial charge on any atom is -0.372 e. The van der Waals surface area contributed by atoms with E-state index in [4.69, 9.17) is 11.6 Å². The van der Waals surface area contributed by atoms with Gasteiger partial charge in [0.15, 0.2) is 19.9 Å². The molecule has 2 saturated heterocycles. The molecule has 2 aliphatic heterocycles.